The number of aromatic nitrogens is 3. The Hall–Kier alpha value is -2.64. The first-order valence-corrected chi connectivity index (χ1v) is 5.06. The number of amides is 1. The minimum absolute atomic E-state index is 0.0362. The van der Waals surface area contributed by atoms with Crippen molar-refractivity contribution in [3.63, 3.8) is 0 Å². The number of oxazole rings is 1. The largest absolute Gasteiger partial charge is 0.480 e. The summed E-state index contributed by atoms with van der Waals surface area (Å²) in [5.41, 5.74) is 0.611. The zero-order valence-electron chi connectivity index (χ0n) is 9.16. The van der Waals surface area contributed by atoms with Crippen LogP contribution in [0.2, 0.25) is 0 Å². The maximum atomic E-state index is 11.6. The molecule has 18 heavy (non-hydrogen) atoms. The first kappa shape index (κ1) is 11.8. The van der Waals surface area contributed by atoms with Crippen LogP contribution in [0, 0.1) is 0 Å². The Labute approximate surface area is 101 Å². The van der Waals surface area contributed by atoms with Gasteiger partial charge in [0.25, 0.3) is 5.91 Å². The lowest BCUT2D eigenvalue weighted by atomic mass is 10.1. The third kappa shape index (κ3) is 2.73. The molecular formula is C10H10N4O4. The Bertz CT molecular complexity index is 520. The number of hydrogen-bond acceptors (Lipinski definition) is 5. The lowest BCUT2D eigenvalue weighted by molar-refractivity contribution is -0.139. The average Bonchev–Trinajstić information content (AvgIpc) is 3.00. The van der Waals surface area contributed by atoms with Gasteiger partial charge in [0.1, 0.15) is 6.04 Å². The lowest BCUT2D eigenvalue weighted by Gasteiger charge is -2.12. The number of carbonyl (C=O) groups excluding carboxylic acids is 1. The summed E-state index contributed by atoms with van der Waals surface area (Å²) in [4.78, 5) is 32.8. The number of aromatic amines is 1. The molecule has 1 amide bonds. The Balaban J connectivity index is 2.03. The molecule has 0 unspecified atom stereocenters. The van der Waals surface area contributed by atoms with Gasteiger partial charge in [-0.2, -0.15) is 0 Å². The highest BCUT2D eigenvalue weighted by Crippen LogP contribution is 2.02. The Kier molecular flexibility index (Phi) is 3.37. The summed E-state index contributed by atoms with van der Waals surface area (Å²) >= 11 is 0. The highest BCUT2D eigenvalue weighted by molar-refractivity contribution is 5.94. The van der Waals surface area contributed by atoms with E-state index in [9.17, 15) is 9.59 Å². The van der Waals surface area contributed by atoms with Crippen LogP contribution in [-0.2, 0) is 11.2 Å². The Morgan fingerprint density at radius 3 is 2.83 bits per heavy atom. The minimum atomic E-state index is -1.14. The van der Waals surface area contributed by atoms with Crippen molar-refractivity contribution in [2.45, 2.75) is 12.5 Å². The van der Waals surface area contributed by atoms with E-state index < -0.39 is 17.9 Å². The fourth-order valence-corrected chi connectivity index (χ4v) is 1.37. The fourth-order valence-electron chi connectivity index (χ4n) is 1.37. The predicted octanol–water partition coefficient (Wildman–Crippen LogP) is -0.177. The highest BCUT2D eigenvalue weighted by Gasteiger charge is 2.22. The number of H-pyrrole nitrogens is 1. The zero-order chi connectivity index (χ0) is 13.0. The van der Waals surface area contributed by atoms with Crippen LogP contribution in [0.1, 0.15) is 16.2 Å². The number of nitrogens with zero attached hydrogens (tertiary/aromatic N) is 2. The van der Waals surface area contributed by atoms with Gasteiger partial charge in [0.05, 0.1) is 12.5 Å². The quantitative estimate of drug-likeness (QED) is 0.677. The third-order valence-electron chi connectivity index (χ3n) is 2.24. The van der Waals surface area contributed by atoms with Crippen molar-refractivity contribution in [2.24, 2.45) is 0 Å². The van der Waals surface area contributed by atoms with Crippen LogP contribution in [0.15, 0.2) is 29.5 Å². The van der Waals surface area contributed by atoms with E-state index in [1.54, 1.807) is 0 Å². The number of hydrogen-bond donors (Lipinski definition) is 3. The van der Waals surface area contributed by atoms with Crippen LogP contribution in [0.5, 0.6) is 0 Å². The number of rotatable bonds is 5. The number of carbonyl (C=O) groups is 2. The normalized spacial score (nSPS) is 12.0. The number of carboxylic acids is 1. The fraction of sp³-hybridized carbons (Fsp3) is 0.200. The van der Waals surface area contributed by atoms with Crippen LogP contribution < -0.4 is 5.32 Å². The predicted molar refractivity (Wildman–Crippen MR) is 57.7 cm³/mol. The van der Waals surface area contributed by atoms with Gasteiger partial charge in [-0.25, -0.2) is 14.8 Å². The molecule has 0 aliphatic carbocycles. The Morgan fingerprint density at radius 2 is 2.28 bits per heavy atom. The van der Waals surface area contributed by atoms with Gasteiger partial charge in [-0.05, 0) is 0 Å². The molecular weight excluding hydrogens is 240 g/mol. The van der Waals surface area contributed by atoms with E-state index >= 15 is 0 Å². The van der Waals surface area contributed by atoms with Crippen molar-refractivity contribution in [3.05, 3.63) is 36.6 Å². The van der Waals surface area contributed by atoms with Crippen molar-refractivity contribution < 1.29 is 19.1 Å². The third-order valence-corrected chi connectivity index (χ3v) is 2.24. The first-order valence-electron chi connectivity index (χ1n) is 5.06. The van der Waals surface area contributed by atoms with Gasteiger partial charge in [0, 0.05) is 18.3 Å². The maximum Gasteiger partial charge on any atom is 0.326 e. The molecule has 0 saturated heterocycles. The SMILES string of the molecule is O=C(N[C@@H](Cc1cnc[nH]1)C(=O)O)c1cnco1. The summed E-state index contributed by atoms with van der Waals surface area (Å²) in [5, 5.41) is 11.4. The molecule has 0 bridgehead atoms. The van der Waals surface area contributed by atoms with Gasteiger partial charge >= 0.3 is 5.97 Å². The van der Waals surface area contributed by atoms with Crippen molar-refractivity contribution in [3.8, 4) is 0 Å². The molecule has 8 heteroatoms. The molecule has 94 valence electrons. The monoisotopic (exact) mass is 250 g/mol. The van der Waals surface area contributed by atoms with Crippen LogP contribution in [-0.4, -0.2) is 38.0 Å². The second-order valence-corrected chi connectivity index (χ2v) is 3.51. The molecule has 2 aromatic heterocycles. The van der Waals surface area contributed by atoms with Crippen LogP contribution in [0.3, 0.4) is 0 Å². The lowest BCUT2D eigenvalue weighted by Crippen LogP contribution is -2.42. The van der Waals surface area contributed by atoms with Crippen LogP contribution >= 0.6 is 0 Å². The molecule has 0 aliphatic heterocycles. The van der Waals surface area contributed by atoms with Crippen molar-refractivity contribution in [1.82, 2.24) is 20.3 Å². The van der Waals surface area contributed by atoms with E-state index in [2.05, 4.69) is 20.3 Å². The number of carboxylic acid groups (broad SMARTS) is 1. The molecule has 2 rings (SSSR count). The molecule has 1 atom stereocenters. The summed E-state index contributed by atoms with van der Waals surface area (Å²) in [6.45, 7) is 0. The smallest absolute Gasteiger partial charge is 0.326 e. The van der Waals surface area contributed by atoms with E-state index in [1.807, 2.05) is 0 Å². The standard InChI is InChI=1S/C10H10N4O4/c15-9(8-3-12-5-18-8)14-7(10(16)17)1-6-2-11-4-13-6/h2-5,7H,1H2,(H,11,13)(H,14,15)(H,16,17)/t7-/m0/s1. The minimum Gasteiger partial charge on any atom is -0.480 e. The Morgan fingerprint density at radius 1 is 1.44 bits per heavy atom. The first-order chi connectivity index (χ1) is 8.66. The number of imidazole rings is 1. The zero-order valence-corrected chi connectivity index (χ0v) is 9.16. The van der Waals surface area contributed by atoms with Gasteiger partial charge in [-0.1, -0.05) is 0 Å². The molecule has 0 radical (unpaired) electrons. The number of aliphatic carboxylic acids is 1. The topological polar surface area (TPSA) is 121 Å². The van der Waals surface area contributed by atoms with Gasteiger partial charge in [0.15, 0.2) is 6.39 Å². The van der Waals surface area contributed by atoms with E-state index in [1.165, 1.54) is 18.7 Å². The van der Waals surface area contributed by atoms with E-state index in [4.69, 9.17) is 9.52 Å². The van der Waals surface area contributed by atoms with Gasteiger partial charge in [0.2, 0.25) is 5.76 Å². The maximum absolute atomic E-state index is 11.6. The summed E-state index contributed by atoms with van der Waals surface area (Å²) < 4.78 is 4.77. The molecule has 0 aromatic carbocycles. The number of nitrogens with one attached hydrogen (secondary N) is 2. The van der Waals surface area contributed by atoms with E-state index in [0.29, 0.717) is 5.69 Å². The van der Waals surface area contributed by atoms with Crippen molar-refractivity contribution in [1.29, 1.82) is 0 Å². The molecule has 0 spiro atoms. The molecule has 2 heterocycles. The molecule has 8 nitrogen and oxygen atoms in total. The molecule has 0 aliphatic rings. The molecule has 0 saturated carbocycles. The van der Waals surface area contributed by atoms with Crippen molar-refractivity contribution in [2.75, 3.05) is 0 Å². The molecule has 2 aromatic rings. The van der Waals surface area contributed by atoms with E-state index in [-0.39, 0.29) is 12.2 Å². The van der Waals surface area contributed by atoms with Gasteiger partial charge in [-0.3, -0.25) is 4.79 Å². The summed E-state index contributed by atoms with van der Waals surface area (Å²) in [5.74, 6) is -1.80. The van der Waals surface area contributed by atoms with Crippen LogP contribution in [0.4, 0.5) is 0 Å². The second kappa shape index (κ2) is 5.13. The van der Waals surface area contributed by atoms with Crippen LogP contribution in [0.25, 0.3) is 0 Å². The van der Waals surface area contributed by atoms with E-state index in [0.717, 1.165) is 6.39 Å². The summed E-state index contributed by atoms with van der Waals surface area (Å²) in [6, 6.07) is -1.07. The highest BCUT2D eigenvalue weighted by atomic mass is 16.4. The molecule has 3 N–H and O–H groups in total. The van der Waals surface area contributed by atoms with Gasteiger partial charge < -0.3 is 19.8 Å². The van der Waals surface area contributed by atoms with Gasteiger partial charge in [-0.15, -0.1) is 0 Å². The van der Waals surface area contributed by atoms with Crippen molar-refractivity contribution >= 4 is 11.9 Å². The summed E-state index contributed by atoms with van der Waals surface area (Å²) in [7, 11) is 0. The second-order valence-electron chi connectivity index (χ2n) is 3.51. The summed E-state index contributed by atoms with van der Waals surface area (Å²) in [6.07, 6.45) is 5.35. The average molecular weight is 250 g/mol. The molecule has 0 fully saturated rings.